The monoisotopic (exact) mass is 280 g/mol. The number of anilines is 1. The second kappa shape index (κ2) is 8.30. The molecule has 0 spiro atoms. The Kier molecular flexibility index (Phi) is 7.06. The molecule has 1 aromatic rings. The molecule has 1 rings (SSSR count). The lowest BCUT2D eigenvalue weighted by Crippen LogP contribution is -2.28. The summed E-state index contributed by atoms with van der Waals surface area (Å²) >= 11 is 0. The van der Waals surface area contributed by atoms with Crippen LogP contribution in [0.25, 0.3) is 0 Å². The van der Waals surface area contributed by atoms with E-state index in [-0.39, 0.29) is 0 Å². The molecule has 1 heterocycles. The molecule has 1 N–H and O–H groups in total. The minimum atomic E-state index is 0.679. The Morgan fingerprint density at radius 1 is 1.30 bits per heavy atom. The molecule has 0 atom stereocenters. The van der Waals surface area contributed by atoms with Crippen LogP contribution in [0.5, 0.6) is 0 Å². The Labute approximate surface area is 124 Å². The van der Waals surface area contributed by atoms with E-state index in [0.29, 0.717) is 5.92 Å². The fourth-order valence-electron chi connectivity index (χ4n) is 2.54. The Bertz CT molecular complexity index is 395. The summed E-state index contributed by atoms with van der Waals surface area (Å²) in [4.78, 5) is 2.45. The molecule has 4 heteroatoms. The second-order valence-electron chi connectivity index (χ2n) is 5.97. The summed E-state index contributed by atoms with van der Waals surface area (Å²) < 4.78 is 2.04. The van der Waals surface area contributed by atoms with Gasteiger partial charge >= 0.3 is 0 Å². The molecule has 116 valence electrons. The maximum atomic E-state index is 4.62. The molecule has 0 unspecified atom stereocenters. The highest BCUT2D eigenvalue weighted by Gasteiger charge is 2.17. The molecule has 0 aliphatic carbocycles. The molecule has 0 aliphatic rings. The zero-order valence-electron chi connectivity index (χ0n) is 14.2. The summed E-state index contributed by atoms with van der Waals surface area (Å²) in [5, 5.41) is 8.17. The fourth-order valence-corrected chi connectivity index (χ4v) is 2.54. The average molecular weight is 280 g/mol. The summed E-state index contributed by atoms with van der Waals surface area (Å²) in [6.07, 6.45) is 2.46. The standard InChI is InChI=1S/C16H32N4/c1-7-9-10-20(8-2)16-15(12-17-11-13(3)4)14(5)18-19(16)6/h13,17H,7-12H2,1-6H3. The molecular weight excluding hydrogens is 248 g/mol. The van der Waals surface area contributed by atoms with Gasteiger partial charge in [0.1, 0.15) is 5.82 Å². The summed E-state index contributed by atoms with van der Waals surface area (Å²) in [5.74, 6) is 1.97. The van der Waals surface area contributed by atoms with Crippen LogP contribution in [0.15, 0.2) is 0 Å². The molecule has 0 saturated heterocycles. The first-order valence-corrected chi connectivity index (χ1v) is 7.99. The van der Waals surface area contributed by atoms with E-state index in [1.807, 2.05) is 4.68 Å². The van der Waals surface area contributed by atoms with Crippen molar-refractivity contribution in [2.45, 2.75) is 54.0 Å². The Morgan fingerprint density at radius 2 is 2.00 bits per heavy atom. The maximum Gasteiger partial charge on any atom is 0.131 e. The van der Waals surface area contributed by atoms with E-state index in [2.05, 4.69) is 57.0 Å². The van der Waals surface area contributed by atoms with Gasteiger partial charge in [0.25, 0.3) is 0 Å². The molecule has 0 bridgehead atoms. The van der Waals surface area contributed by atoms with Gasteiger partial charge in [-0.05, 0) is 32.7 Å². The molecule has 0 radical (unpaired) electrons. The number of aryl methyl sites for hydroxylation is 2. The first-order valence-electron chi connectivity index (χ1n) is 7.99. The van der Waals surface area contributed by atoms with Gasteiger partial charge in [-0.3, -0.25) is 4.68 Å². The predicted octanol–water partition coefficient (Wildman–Crippen LogP) is 3.10. The summed E-state index contributed by atoms with van der Waals surface area (Å²) in [5.41, 5.74) is 2.50. The smallest absolute Gasteiger partial charge is 0.131 e. The quantitative estimate of drug-likeness (QED) is 0.754. The van der Waals surface area contributed by atoms with E-state index >= 15 is 0 Å². The third-order valence-electron chi connectivity index (χ3n) is 3.63. The topological polar surface area (TPSA) is 33.1 Å². The molecule has 0 fully saturated rings. The summed E-state index contributed by atoms with van der Waals surface area (Å²) in [7, 11) is 2.06. The lowest BCUT2D eigenvalue weighted by Gasteiger charge is -2.24. The maximum absolute atomic E-state index is 4.62. The van der Waals surface area contributed by atoms with E-state index in [4.69, 9.17) is 0 Å². The molecule has 0 aromatic carbocycles. The molecule has 0 amide bonds. The van der Waals surface area contributed by atoms with Gasteiger partial charge < -0.3 is 10.2 Å². The fraction of sp³-hybridized carbons (Fsp3) is 0.812. The van der Waals surface area contributed by atoms with Crippen LogP contribution >= 0.6 is 0 Å². The first-order chi connectivity index (χ1) is 9.51. The van der Waals surface area contributed by atoms with Crippen molar-refractivity contribution in [1.82, 2.24) is 15.1 Å². The lowest BCUT2D eigenvalue weighted by molar-refractivity contribution is 0.550. The van der Waals surface area contributed by atoms with Crippen molar-refractivity contribution >= 4 is 5.82 Å². The van der Waals surface area contributed by atoms with Crippen molar-refractivity contribution in [1.29, 1.82) is 0 Å². The van der Waals surface area contributed by atoms with Gasteiger partial charge in [0.2, 0.25) is 0 Å². The van der Waals surface area contributed by atoms with Gasteiger partial charge in [-0.1, -0.05) is 27.2 Å². The number of hydrogen-bond acceptors (Lipinski definition) is 3. The number of hydrogen-bond donors (Lipinski definition) is 1. The molecule has 0 aliphatic heterocycles. The van der Waals surface area contributed by atoms with Crippen molar-refractivity contribution in [3.05, 3.63) is 11.3 Å². The number of unbranched alkanes of at least 4 members (excludes halogenated alkanes) is 1. The lowest BCUT2D eigenvalue weighted by atomic mass is 10.2. The van der Waals surface area contributed by atoms with E-state index in [0.717, 1.165) is 31.9 Å². The number of nitrogens with zero attached hydrogens (tertiary/aromatic N) is 3. The van der Waals surface area contributed by atoms with Crippen LogP contribution in [0.1, 0.15) is 51.8 Å². The number of rotatable bonds is 9. The molecular formula is C16H32N4. The van der Waals surface area contributed by atoms with Crippen LogP contribution in [0, 0.1) is 12.8 Å². The average Bonchev–Trinajstić information content (AvgIpc) is 2.66. The van der Waals surface area contributed by atoms with Crippen molar-refractivity contribution < 1.29 is 0 Å². The largest absolute Gasteiger partial charge is 0.357 e. The van der Waals surface area contributed by atoms with Crippen LogP contribution in [-0.4, -0.2) is 29.4 Å². The highest BCUT2D eigenvalue weighted by Crippen LogP contribution is 2.23. The Balaban J connectivity index is 2.86. The highest BCUT2D eigenvalue weighted by atomic mass is 15.4. The summed E-state index contributed by atoms with van der Waals surface area (Å²) in [6.45, 7) is 15.2. The Morgan fingerprint density at radius 3 is 2.55 bits per heavy atom. The van der Waals surface area contributed by atoms with Crippen LogP contribution in [0.4, 0.5) is 5.82 Å². The van der Waals surface area contributed by atoms with Gasteiger partial charge in [-0.25, -0.2) is 0 Å². The third kappa shape index (κ3) is 4.51. The number of aromatic nitrogens is 2. The van der Waals surface area contributed by atoms with E-state index in [9.17, 15) is 0 Å². The van der Waals surface area contributed by atoms with Crippen LogP contribution in [0.3, 0.4) is 0 Å². The predicted molar refractivity (Wildman–Crippen MR) is 87.3 cm³/mol. The first kappa shape index (κ1) is 17.0. The van der Waals surface area contributed by atoms with Crippen LogP contribution < -0.4 is 10.2 Å². The van der Waals surface area contributed by atoms with Crippen molar-refractivity contribution in [3.8, 4) is 0 Å². The zero-order chi connectivity index (χ0) is 15.1. The zero-order valence-corrected chi connectivity index (χ0v) is 14.2. The molecule has 4 nitrogen and oxygen atoms in total. The minimum absolute atomic E-state index is 0.679. The van der Waals surface area contributed by atoms with E-state index < -0.39 is 0 Å². The highest BCUT2D eigenvalue weighted by molar-refractivity contribution is 5.50. The van der Waals surface area contributed by atoms with E-state index in [1.54, 1.807) is 0 Å². The van der Waals surface area contributed by atoms with Crippen molar-refractivity contribution in [2.24, 2.45) is 13.0 Å². The summed E-state index contributed by atoms with van der Waals surface area (Å²) in [6, 6.07) is 0. The van der Waals surface area contributed by atoms with Crippen LogP contribution in [-0.2, 0) is 13.6 Å². The second-order valence-corrected chi connectivity index (χ2v) is 5.97. The van der Waals surface area contributed by atoms with Gasteiger partial charge in [-0.2, -0.15) is 5.10 Å². The van der Waals surface area contributed by atoms with Gasteiger partial charge in [0.15, 0.2) is 0 Å². The minimum Gasteiger partial charge on any atom is -0.357 e. The normalized spacial score (nSPS) is 11.3. The number of nitrogens with one attached hydrogen (secondary N) is 1. The molecule has 1 aromatic heterocycles. The van der Waals surface area contributed by atoms with E-state index in [1.165, 1.54) is 24.2 Å². The van der Waals surface area contributed by atoms with Gasteiger partial charge in [0, 0.05) is 32.2 Å². The van der Waals surface area contributed by atoms with Crippen molar-refractivity contribution in [3.63, 3.8) is 0 Å². The van der Waals surface area contributed by atoms with Gasteiger partial charge in [0.05, 0.1) is 5.69 Å². The van der Waals surface area contributed by atoms with Gasteiger partial charge in [-0.15, -0.1) is 0 Å². The third-order valence-corrected chi connectivity index (χ3v) is 3.63. The van der Waals surface area contributed by atoms with Crippen LogP contribution in [0.2, 0.25) is 0 Å². The van der Waals surface area contributed by atoms with Crippen molar-refractivity contribution in [2.75, 3.05) is 24.5 Å². The Hall–Kier alpha value is -1.03. The molecule has 20 heavy (non-hydrogen) atoms. The molecule has 0 saturated carbocycles. The SMILES string of the molecule is CCCCN(CC)c1c(CNCC(C)C)c(C)nn1C.